The van der Waals surface area contributed by atoms with Crippen LogP contribution < -0.4 is 0 Å². The fourth-order valence-corrected chi connectivity index (χ4v) is 2.08. The second kappa shape index (κ2) is 5.68. The number of rotatable bonds is 5. The Kier molecular flexibility index (Phi) is 4.76. The first-order valence-corrected chi connectivity index (χ1v) is 6.63. The molecule has 1 atom stereocenters. The van der Waals surface area contributed by atoms with Crippen molar-refractivity contribution in [3.8, 4) is 0 Å². The molecular formula is C16H26O. The maximum atomic E-state index is 10.5. The van der Waals surface area contributed by atoms with E-state index in [9.17, 15) is 5.11 Å². The van der Waals surface area contributed by atoms with E-state index >= 15 is 0 Å². The highest BCUT2D eigenvalue weighted by Gasteiger charge is 2.22. The monoisotopic (exact) mass is 234 g/mol. The average Bonchev–Trinajstić information content (AvgIpc) is 2.21. The van der Waals surface area contributed by atoms with Gasteiger partial charge < -0.3 is 5.11 Å². The molecule has 1 rings (SSSR count). The molecule has 0 saturated heterocycles. The fraction of sp³-hybridized carbons (Fsp3) is 0.625. The molecule has 96 valence electrons. The van der Waals surface area contributed by atoms with Gasteiger partial charge in [-0.15, -0.1) is 0 Å². The first kappa shape index (κ1) is 14.2. The second-order valence-corrected chi connectivity index (χ2v) is 5.86. The molecule has 0 heterocycles. The van der Waals surface area contributed by atoms with Crippen LogP contribution in [0.2, 0.25) is 0 Å². The zero-order chi connectivity index (χ0) is 13.1. The summed E-state index contributed by atoms with van der Waals surface area (Å²) in [7, 11) is 0. The Bertz CT molecular complexity index is 364. The third-order valence-electron chi connectivity index (χ3n) is 3.57. The van der Waals surface area contributed by atoms with E-state index in [1.165, 1.54) is 17.5 Å². The summed E-state index contributed by atoms with van der Waals surface area (Å²) in [6, 6.07) is 6.27. The minimum Gasteiger partial charge on any atom is -0.385 e. The highest BCUT2D eigenvalue weighted by Crippen LogP contribution is 2.28. The lowest BCUT2D eigenvalue weighted by Gasteiger charge is -2.25. The van der Waals surface area contributed by atoms with E-state index in [1.807, 2.05) is 6.92 Å². The number of hydrogen-bond acceptors (Lipinski definition) is 1. The van der Waals surface area contributed by atoms with Crippen molar-refractivity contribution in [2.75, 3.05) is 0 Å². The highest BCUT2D eigenvalue weighted by molar-refractivity contribution is 5.32. The van der Waals surface area contributed by atoms with Gasteiger partial charge in [0.25, 0.3) is 0 Å². The van der Waals surface area contributed by atoms with Crippen molar-refractivity contribution in [1.82, 2.24) is 0 Å². The minimum atomic E-state index is -0.687. The smallest absolute Gasteiger partial charge is 0.0868 e. The quantitative estimate of drug-likeness (QED) is 0.803. The van der Waals surface area contributed by atoms with Crippen molar-refractivity contribution in [3.63, 3.8) is 0 Å². The molecule has 1 aromatic rings. The van der Waals surface area contributed by atoms with Gasteiger partial charge in [0.1, 0.15) is 0 Å². The van der Waals surface area contributed by atoms with Gasteiger partial charge in [0.15, 0.2) is 0 Å². The molecule has 1 unspecified atom stereocenters. The summed E-state index contributed by atoms with van der Waals surface area (Å²) in [5.74, 6) is 0.713. The second-order valence-electron chi connectivity index (χ2n) is 5.86. The normalized spacial score (nSPS) is 15.0. The standard InChI is InChI=1S/C16H26O/c1-12(2)7-6-10-16(5,17)15-9-8-13(3)14(4)11-15/h8-9,11-12,17H,6-7,10H2,1-5H3. The van der Waals surface area contributed by atoms with Gasteiger partial charge in [-0.1, -0.05) is 38.5 Å². The molecule has 0 bridgehead atoms. The average molecular weight is 234 g/mol. The lowest BCUT2D eigenvalue weighted by molar-refractivity contribution is 0.0440. The number of hydrogen-bond donors (Lipinski definition) is 1. The molecule has 0 saturated carbocycles. The van der Waals surface area contributed by atoms with Crippen LogP contribution in [0.25, 0.3) is 0 Å². The molecular weight excluding hydrogens is 208 g/mol. The summed E-state index contributed by atoms with van der Waals surface area (Å²) in [4.78, 5) is 0. The van der Waals surface area contributed by atoms with Crippen LogP contribution >= 0.6 is 0 Å². The van der Waals surface area contributed by atoms with E-state index in [1.54, 1.807) is 0 Å². The van der Waals surface area contributed by atoms with Crippen molar-refractivity contribution in [1.29, 1.82) is 0 Å². The predicted octanol–water partition coefficient (Wildman–Crippen LogP) is 4.34. The molecule has 1 aromatic carbocycles. The van der Waals surface area contributed by atoms with Crippen molar-refractivity contribution in [3.05, 3.63) is 34.9 Å². The zero-order valence-electron chi connectivity index (χ0n) is 11.9. The SMILES string of the molecule is Cc1ccc(C(C)(O)CCCC(C)C)cc1C. The largest absolute Gasteiger partial charge is 0.385 e. The van der Waals surface area contributed by atoms with E-state index in [4.69, 9.17) is 0 Å². The summed E-state index contributed by atoms with van der Waals surface area (Å²) >= 11 is 0. The van der Waals surface area contributed by atoms with Gasteiger partial charge >= 0.3 is 0 Å². The predicted molar refractivity (Wildman–Crippen MR) is 74.2 cm³/mol. The van der Waals surface area contributed by atoms with Crippen LogP contribution in [0.5, 0.6) is 0 Å². The van der Waals surface area contributed by atoms with Crippen LogP contribution in [-0.2, 0) is 5.60 Å². The van der Waals surface area contributed by atoms with Crippen LogP contribution in [0.3, 0.4) is 0 Å². The van der Waals surface area contributed by atoms with Crippen LogP contribution in [0, 0.1) is 19.8 Å². The Morgan fingerprint density at radius 1 is 1.18 bits per heavy atom. The van der Waals surface area contributed by atoms with E-state index in [-0.39, 0.29) is 0 Å². The summed E-state index contributed by atoms with van der Waals surface area (Å²) in [5, 5.41) is 10.5. The van der Waals surface area contributed by atoms with Crippen LogP contribution in [0.1, 0.15) is 56.7 Å². The number of aliphatic hydroxyl groups is 1. The molecule has 17 heavy (non-hydrogen) atoms. The molecule has 1 N–H and O–H groups in total. The van der Waals surface area contributed by atoms with Gasteiger partial charge in [-0.2, -0.15) is 0 Å². The lowest BCUT2D eigenvalue weighted by atomic mass is 9.88. The molecule has 0 radical (unpaired) electrons. The van der Waals surface area contributed by atoms with Crippen LogP contribution in [0.4, 0.5) is 0 Å². The Morgan fingerprint density at radius 3 is 2.35 bits per heavy atom. The molecule has 1 nitrogen and oxygen atoms in total. The summed E-state index contributed by atoms with van der Waals surface area (Å²) in [6.07, 6.45) is 3.10. The Morgan fingerprint density at radius 2 is 1.82 bits per heavy atom. The van der Waals surface area contributed by atoms with Crippen molar-refractivity contribution < 1.29 is 5.11 Å². The summed E-state index contributed by atoms with van der Waals surface area (Å²) < 4.78 is 0. The molecule has 0 amide bonds. The summed E-state index contributed by atoms with van der Waals surface area (Å²) in [6.45, 7) is 10.6. The minimum absolute atomic E-state index is 0.687. The molecule has 0 aromatic heterocycles. The van der Waals surface area contributed by atoms with E-state index in [0.717, 1.165) is 18.4 Å². The van der Waals surface area contributed by atoms with E-state index in [2.05, 4.69) is 45.9 Å². The maximum absolute atomic E-state index is 10.5. The van der Waals surface area contributed by atoms with Gasteiger partial charge in [0.05, 0.1) is 5.60 Å². The third-order valence-corrected chi connectivity index (χ3v) is 3.57. The van der Waals surface area contributed by atoms with Crippen molar-refractivity contribution >= 4 is 0 Å². The fourth-order valence-electron chi connectivity index (χ4n) is 2.08. The van der Waals surface area contributed by atoms with Gasteiger partial charge in [-0.05, 0) is 56.2 Å². The molecule has 0 aliphatic rings. The first-order valence-electron chi connectivity index (χ1n) is 6.63. The van der Waals surface area contributed by atoms with E-state index < -0.39 is 5.60 Å². The van der Waals surface area contributed by atoms with Gasteiger partial charge in [0, 0.05) is 0 Å². The maximum Gasteiger partial charge on any atom is 0.0868 e. The number of benzene rings is 1. The highest BCUT2D eigenvalue weighted by atomic mass is 16.3. The zero-order valence-corrected chi connectivity index (χ0v) is 11.9. The van der Waals surface area contributed by atoms with Crippen molar-refractivity contribution in [2.45, 2.75) is 59.5 Å². The van der Waals surface area contributed by atoms with Crippen molar-refractivity contribution in [2.24, 2.45) is 5.92 Å². The topological polar surface area (TPSA) is 20.2 Å². The molecule has 0 fully saturated rings. The van der Waals surface area contributed by atoms with Gasteiger partial charge in [0.2, 0.25) is 0 Å². The lowest BCUT2D eigenvalue weighted by Crippen LogP contribution is -2.21. The van der Waals surface area contributed by atoms with E-state index in [0.29, 0.717) is 5.92 Å². The molecule has 0 aliphatic heterocycles. The summed E-state index contributed by atoms with van der Waals surface area (Å²) in [5.41, 5.74) is 2.90. The third kappa shape index (κ3) is 4.16. The Hall–Kier alpha value is -0.820. The van der Waals surface area contributed by atoms with Gasteiger partial charge in [-0.25, -0.2) is 0 Å². The van der Waals surface area contributed by atoms with Crippen LogP contribution in [-0.4, -0.2) is 5.11 Å². The Labute approximate surface area is 106 Å². The van der Waals surface area contributed by atoms with Gasteiger partial charge in [-0.3, -0.25) is 0 Å². The van der Waals surface area contributed by atoms with Crippen LogP contribution in [0.15, 0.2) is 18.2 Å². The molecule has 1 heteroatoms. The molecule has 0 spiro atoms. The number of aryl methyl sites for hydroxylation is 2. The molecule has 0 aliphatic carbocycles. The first-order chi connectivity index (χ1) is 7.83. The Balaban J connectivity index is 2.71.